The summed E-state index contributed by atoms with van der Waals surface area (Å²) < 4.78 is 25.3. The van der Waals surface area contributed by atoms with Gasteiger partial charge < -0.3 is 61.5 Å². The zero-order valence-electron chi connectivity index (χ0n) is 55.8. The second kappa shape index (κ2) is 34.8. The van der Waals surface area contributed by atoms with Crippen LogP contribution in [0, 0.1) is 47.4 Å². The van der Waals surface area contributed by atoms with Gasteiger partial charge in [-0.1, -0.05) is 7.43 Å². The standard InChI is InChI=1S/C27H28FN5O2.C16H25N3O2.C11H17N3.C10H20N2O2.C6H6BrN.CH4/c1-15-4-6-20(14-29-15)33-10-8-19(9-11-33)31-27(35)25-16(2)24(30-17(25)3)13-22-21-12-18(28)5-7-23(21)32-26(22)34;1-12-5-6-14(11-17-12)19-9-7-13(8-10-19)18-15(20)21-16(2,3)4;1-9-2-3-11(8-13-9)14-6-4-10(12)5-7-14;1-10(2,3)14-9(13)12-8-4-6-11-7-5-8;1-5-2-3-6(7)4-8-5;/h4-7,12-14,19,30H,8-11H2,1-3H3,(H,31,35)(H,32,34);5-6,11,13H,7-10H2,1-4H3,(H,18,20);2-3,8,10H,4-7,12H2,1H3;8,11H,4-7H2,1-3H3,(H,12,13);2-4H,1H3;1H4/b22-13-;;;;;. The number of nitrogens with one attached hydrogen (secondary N) is 6. The number of nitrogens with two attached hydrogens (primary N) is 1. The van der Waals surface area contributed by atoms with E-state index in [9.17, 15) is 23.6 Å². The zero-order valence-corrected chi connectivity index (χ0v) is 57.4. The lowest BCUT2D eigenvalue weighted by molar-refractivity contribution is -0.110. The summed E-state index contributed by atoms with van der Waals surface area (Å²) in [4.78, 5) is 76.0. The van der Waals surface area contributed by atoms with Crippen LogP contribution >= 0.6 is 15.9 Å². The SMILES string of the molecule is C.CC(C)(C)OC(=O)NC1CCNCC1.Cc1ccc(Br)cn1.Cc1ccc(N2CCC(N)CC2)cn1.Cc1ccc(N2CCC(NC(=O)OC(C)(C)C)CC2)cn1.Cc1ccc(N2CCC(NC(=O)c3c(C)[nH]c(/C=C4\C(=O)Nc5ccc(F)cc54)c3C)CC2)cn1. The van der Waals surface area contributed by atoms with Crippen LogP contribution < -0.4 is 47.0 Å². The van der Waals surface area contributed by atoms with Gasteiger partial charge in [0.2, 0.25) is 0 Å². The molecule has 0 radical (unpaired) electrons. The number of nitrogens with zero attached hydrogens (tertiary/aromatic N) is 7. The van der Waals surface area contributed by atoms with E-state index >= 15 is 0 Å². The fourth-order valence-corrected chi connectivity index (χ4v) is 11.2. The lowest BCUT2D eigenvalue weighted by Crippen LogP contribution is -2.46. The summed E-state index contributed by atoms with van der Waals surface area (Å²) in [6, 6.07) is 21.5. The maximum absolute atomic E-state index is 13.8. The molecule has 6 aromatic rings. The molecule has 5 aliphatic heterocycles. The van der Waals surface area contributed by atoms with Crippen molar-refractivity contribution >= 4 is 74.3 Å². The molecule has 11 rings (SSSR count). The normalized spacial score (nSPS) is 16.6. The van der Waals surface area contributed by atoms with Gasteiger partial charge in [-0.05, 0) is 242 Å². The Balaban J connectivity index is 0.000000201. The summed E-state index contributed by atoms with van der Waals surface area (Å²) in [6.45, 7) is 30.5. The Morgan fingerprint density at radius 2 is 1.02 bits per heavy atom. The van der Waals surface area contributed by atoms with E-state index in [4.69, 9.17) is 15.2 Å². The van der Waals surface area contributed by atoms with E-state index in [0.29, 0.717) is 34.1 Å². The first-order chi connectivity index (χ1) is 43.6. The van der Waals surface area contributed by atoms with Gasteiger partial charge in [-0.25, -0.2) is 14.0 Å². The minimum Gasteiger partial charge on any atom is -0.444 e. The number of aryl methyl sites for hydroxylation is 5. The van der Waals surface area contributed by atoms with E-state index in [0.717, 1.165) is 154 Å². The number of pyridine rings is 4. The maximum atomic E-state index is 13.8. The number of hydrogen-bond acceptors (Lipinski definition) is 15. The molecule has 4 fully saturated rings. The van der Waals surface area contributed by atoms with E-state index < -0.39 is 17.0 Å². The number of aromatic amines is 1. The lowest BCUT2D eigenvalue weighted by Gasteiger charge is -2.34. The first-order valence-corrected chi connectivity index (χ1v) is 32.8. The van der Waals surface area contributed by atoms with E-state index in [1.165, 1.54) is 17.8 Å². The highest BCUT2D eigenvalue weighted by Gasteiger charge is 2.29. The maximum Gasteiger partial charge on any atom is 0.407 e. The predicted molar refractivity (Wildman–Crippen MR) is 375 cm³/mol. The third-order valence-electron chi connectivity index (χ3n) is 16.1. The van der Waals surface area contributed by atoms with Crippen molar-refractivity contribution in [3.63, 3.8) is 0 Å². The number of anilines is 4. The molecular weight excluding hydrogens is 1240 g/mol. The molecule has 22 heteroatoms. The number of halogens is 2. The number of piperidine rings is 4. The minimum atomic E-state index is -0.446. The molecule has 5 aliphatic rings. The summed E-state index contributed by atoms with van der Waals surface area (Å²) in [5.74, 6) is -0.826. The number of hydrogen-bond donors (Lipinski definition) is 7. The molecule has 93 heavy (non-hydrogen) atoms. The van der Waals surface area contributed by atoms with Gasteiger partial charge >= 0.3 is 12.2 Å². The molecule has 4 amide bonds. The summed E-state index contributed by atoms with van der Waals surface area (Å²) in [5, 5.41) is 15.0. The number of rotatable bonds is 8. The molecule has 0 atom stereocenters. The van der Waals surface area contributed by atoms with Crippen molar-refractivity contribution in [2.45, 2.75) is 177 Å². The Kier molecular flexibility index (Phi) is 27.7. The van der Waals surface area contributed by atoms with Gasteiger partial charge in [-0.3, -0.25) is 29.5 Å². The van der Waals surface area contributed by atoms with Gasteiger partial charge in [0.05, 0.1) is 46.8 Å². The van der Waals surface area contributed by atoms with Crippen LogP contribution in [0.1, 0.15) is 156 Å². The molecule has 20 nitrogen and oxygen atoms in total. The Morgan fingerprint density at radius 3 is 1.43 bits per heavy atom. The van der Waals surface area contributed by atoms with Crippen LogP contribution in [0.4, 0.5) is 36.7 Å². The van der Waals surface area contributed by atoms with Gasteiger partial charge in [0.25, 0.3) is 11.8 Å². The van der Waals surface area contributed by atoms with E-state index in [2.05, 4.69) is 106 Å². The quantitative estimate of drug-likeness (QED) is 0.0700. The van der Waals surface area contributed by atoms with E-state index in [-0.39, 0.29) is 49.6 Å². The van der Waals surface area contributed by atoms with Gasteiger partial charge in [-0.2, -0.15) is 0 Å². The number of H-pyrrole nitrogens is 1. The van der Waals surface area contributed by atoms with Gasteiger partial charge in [0, 0.05) is 120 Å². The molecule has 504 valence electrons. The average molecular weight is 1340 g/mol. The van der Waals surface area contributed by atoms with Crippen molar-refractivity contribution in [1.82, 2.24) is 46.2 Å². The summed E-state index contributed by atoms with van der Waals surface area (Å²) in [5.41, 5.74) is 16.8. The van der Waals surface area contributed by atoms with E-state index in [1.807, 2.05) is 126 Å². The predicted octanol–water partition coefficient (Wildman–Crippen LogP) is 12.6. The molecule has 8 N–H and O–H groups in total. The van der Waals surface area contributed by atoms with Crippen LogP contribution in [-0.2, 0) is 14.3 Å². The Bertz CT molecular complexity index is 3360. The summed E-state index contributed by atoms with van der Waals surface area (Å²) >= 11 is 3.28. The number of ether oxygens (including phenoxy) is 2. The minimum absolute atomic E-state index is 0. The highest BCUT2D eigenvalue weighted by Crippen LogP contribution is 2.35. The first kappa shape index (κ1) is 74.1. The lowest BCUT2D eigenvalue weighted by atomic mass is 10.0. The average Bonchev–Trinajstić information content (AvgIpc) is 1.67. The molecule has 0 bridgehead atoms. The van der Waals surface area contributed by atoms with Crippen molar-refractivity contribution in [3.05, 3.63) is 153 Å². The second-order valence-electron chi connectivity index (χ2n) is 26.1. The fraction of sp³-hybridized carbons (Fsp3) is 0.493. The number of benzene rings is 1. The number of fused-ring (bicyclic) bond motifs is 1. The smallest absolute Gasteiger partial charge is 0.407 e. The molecule has 1 aromatic carbocycles. The topological polar surface area (TPSA) is 250 Å². The number of alkyl carbamates (subject to hydrolysis) is 2. The van der Waals surface area contributed by atoms with Crippen LogP contribution in [0.25, 0.3) is 11.6 Å². The molecule has 0 spiro atoms. The van der Waals surface area contributed by atoms with Crippen molar-refractivity contribution in [1.29, 1.82) is 0 Å². The Hall–Kier alpha value is -7.95. The van der Waals surface area contributed by atoms with Gasteiger partial charge in [0.1, 0.15) is 17.0 Å². The van der Waals surface area contributed by atoms with E-state index in [1.54, 1.807) is 18.3 Å². The van der Waals surface area contributed by atoms with Gasteiger partial charge in [0.15, 0.2) is 0 Å². The molecule has 4 saturated heterocycles. The molecule has 0 unspecified atom stereocenters. The first-order valence-electron chi connectivity index (χ1n) is 32.0. The van der Waals surface area contributed by atoms with Crippen LogP contribution in [-0.4, -0.2) is 137 Å². The van der Waals surface area contributed by atoms with Gasteiger partial charge in [-0.15, -0.1) is 0 Å². The summed E-state index contributed by atoms with van der Waals surface area (Å²) in [6.07, 6.45) is 16.3. The number of carbonyl (C=O) groups excluding carboxylic acids is 4. The summed E-state index contributed by atoms with van der Waals surface area (Å²) in [7, 11) is 0. The number of carbonyl (C=O) groups is 4. The largest absolute Gasteiger partial charge is 0.444 e. The zero-order chi connectivity index (χ0) is 66.7. The molecule has 5 aromatic heterocycles. The van der Waals surface area contributed by atoms with Crippen molar-refractivity contribution in [2.75, 3.05) is 72.4 Å². The highest BCUT2D eigenvalue weighted by molar-refractivity contribution is 9.10. The van der Waals surface area contributed by atoms with Crippen LogP contribution in [0.3, 0.4) is 0 Å². The molecule has 0 aliphatic carbocycles. The highest BCUT2D eigenvalue weighted by atomic mass is 79.9. The van der Waals surface area contributed by atoms with Crippen molar-refractivity contribution in [3.8, 4) is 0 Å². The third-order valence-corrected chi connectivity index (χ3v) is 16.5. The van der Waals surface area contributed by atoms with Crippen molar-refractivity contribution in [2.24, 2.45) is 5.73 Å². The Morgan fingerprint density at radius 1 is 0.602 bits per heavy atom. The van der Waals surface area contributed by atoms with Crippen LogP contribution in [0.2, 0.25) is 0 Å². The Labute approximate surface area is 558 Å². The molecule has 10 heterocycles. The molecular formula is C71H100BrFN14O6. The van der Waals surface area contributed by atoms with Crippen molar-refractivity contribution < 1.29 is 33.0 Å². The second-order valence-corrected chi connectivity index (χ2v) is 27.0. The van der Waals surface area contributed by atoms with Crippen LogP contribution in [0.15, 0.2) is 96.0 Å². The third kappa shape index (κ3) is 24.2. The van der Waals surface area contributed by atoms with Crippen LogP contribution in [0.5, 0.6) is 0 Å². The molecule has 0 saturated carbocycles. The monoisotopic (exact) mass is 1340 g/mol. The fourth-order valence-electron chi connectivity index (χ4n) is 11.0. The number of aromatic nitrogens is 5. The number of amides is 4.